The molecule has 1 aliphatic carbocycles. The second-order valence-corrected chi connectivity index (χ2v) is 6.80. The number of aryl methyl sites for hydroxylation is 2. The summed E-state index contributed by atoms with van der Waals surface area (Å²) >= 11 is 3.43. The Balaban J connectivity index is 0.000000170. The van der Waals surface area contributed by atoms with Crippen molar-refractivity contribution in [2.45, 2.75) is 25.4 Å². The largest absolute Gasteiger partial charge is 0.299 e. The Morgan fingerprint density at radius 2 is 1.92 bits per heavy atom. The molecular weight excluding hydrogens is 388 g/mol. The fourth-order valence-corrected chi connectivity index (χ4v) is 3.36. The van der Waals surface area contributed by atoms with Gasteiger partial charge in [-0.25, -0.2) is 0 Å². The highest BCUT2D eigenvalue weighted by molar-refractivity contribution is 9.10. The summed E-state index contributed by atoms with van der Waals surface area (Å²) in [5, 5.41) is 13.4. The van der Waals surface area contributed by atoms with Gasteiger partial charge in [0.15, 0.2) is 6.29 Å². The Morgan fingerprint density at radius 1 is 1.16 bits per heavy atom. The summed E-state index contributed by atoms with van der Waals surface area (Å²) in [4.78, 5) is 31.7. The number of carbonyl (C=O) groups is 2. The summed E-state index contributed by atoms with van der Waals surface area (Å²) in [6.45, 7) is 0.362. The van der Waals surface area contributed by atoms with Gasteiger partial charge in [-0.05, 0) is 53.3 Å². The van der Waals surface area contributed by atoms with E-state index in [2.05, 4.69) is 39.4 Å². The number of benzene rings is 2. The lowest BCUT2D eigenvalue weighted by molar-refractivity contribution is -0.384. The molecule has 1 heterocycles. The van der Waals surface area contributed by atoms with Gasteiger partial charge in [0.25, 0.3) is 5.69 Å². The molecule has 6 nitrogen and oxygen atoms in total. The number of hydrogen-bond donors (Lipinski definition) is 1. The number of carbonyl (C=O) groups excluding carboxylic acids is 2. The van der Waals surface area contributed by atoms with E-state index in [4.69, 9.17) is 0 Å². The molecule has 0 radical (unpaired) electrons. The standard InChI is InChI=1S/C10H8N2O4.C8H7Br/c13-5-9(14)10-8-2-1-7(12(15)16)3-6(8)4-11-10;9-8-4-3-6-1-2-7(6)5-8/h1-3,5,10-11H,4H2;3-5H,1-2H2. The van der Waals surface area contributed by atoms with Crippen LogP contribution >= 0.6 is 15.9 Å². The van der Waals surface area contributed by atoms with Crippen LogP contribution in [-0.2, 0) is 29.0 Å². The average Bonchev–Trinajstić information content (AvgIpc) is 3.01. The van der Waals surface area contributed by atoms with Crippen molar-refractivity contribution in [1.29, 1.82) is 0 Å². The predicted octanol–water partition coefficient (Wildman–Crippen LogP) is 3.05. The highest BCUT2D eigenvalue weighted by Gasteiger charge is 2.28. The zero-order valence-corrected chi connectivity index (χ0v) is 14.8. The molecular formula is C18H15BrN2O4. The van der Waals surface area contributed by atoms with E-state index in [1.807, 2.05) is 0 Å². The second-order valence-electron chi connectivity index (χ2n) is 5.89. The van der Waals surface area contributed by atoms with Crippen LogP contribution in [0.5, 0.6) is 0 Å². The number of nitrogens with one attached hydrogen (secondary N) is 1. The molecule has 2 aliphatic rings. The SMILES string of the molecule is Brc1ccc2c(c1)CC2.O=CC(=O)C1NCc2cc([N+](=O)[O-])ccc21. The van der Waals surface area contributed by atoms with Gasteiger partial charge in [0.2, 0.25) is 5.78 Å². The third-order valence-electron chi connectivity index (χ3n) is 4.38. The van der Waals surface area contributed by atoms with E-state index in [1.54, 1.807) is 0 Å². The van der Waals surface area contributed by atoms with Gasteiger partial charge < -0.3 is 0 Å². The highest BCUT2D eigenvalue weighted by Crippen LogP contribution is 2.28. The van der Waals surface area contributed by atoms with Crippen molar-refractivity contribution in [1.82, 2.24) is 5.32 Å². The van der Waals surface area contributed by atoms with Gasteiger partial charge in [-0.2, -0.15) is 0 Å². The number of fused-ring (bicyclic) bond motifs is 2. The van der Waals surface area contributed by atoms with Crippen molar-refractivity contribution in [2.24, 2.45) is 0 Å². The predicted molar refractivity (Wildman–Crippen MR) is 95.3 cm³/mol. The molecule has 0 aromatic heterocycles. The van der Waals surface area contributed by atoms with Crippen molar-refractivity contribution in [3.8, 4) is 0 Å². The molecule has 2 aromatic carbocycles. The Bertz CT molecular complexity index is 866. The van der Waals surface area contributed by atoms with E-state index >= 15 is 0 Å². The van der Waals surface area contributed by atoms with Crippen LogP contribution in [0, 0.1) is 10.1 Å². The van der Waals surface area contributed by atoms with E-state index in [0.29, 0.717) is 17.7 Å². The first kappa shape index (κ1) is 17.4. The van der Waals surface area contributed by atoms with Crippen LogP contribution in [0.3, 0.4) is 0 Å². The maximum absolute atomic E-state index is 11.2. The first-order chi connectivity index (χ1) is 12.0. The summed E-state index contributed by atoms with van der Waals surface area (Å²) in [6, 6.07) is 10.1. The third-order valence-corrected chi connectivity index (χ3v) is 4.87. The van der Waals surface area contributed by atoms with Crippen molar-refractivity contribution in [2.75, 3.05) is 0 Å². The minimum absolute atomic E-state index is 0.0141. The normalized spacial score (nSPS) is 16.6. The van der Waals surface area contributed by atoms with Crippen molar-refractivity contribution >= 4 is 33.7 Å². The second kappa shape index (κ2) is 7.25. The van der Waals surface area contributed by atoms with E-state index in [1.165, 1.54) is 46.6 Å². The van der Waals surface area contributed by atoms with Crippen molar-refractivity contribution in [3.05, 3.63) is 73.2 Å². The first-order valence-corrected chi connectivity index (χ1v) is 8.56. The summed E-state index contributed by atoms with van der Waals surface area (Å²) in [5.41, 5.74) is 4.36. The molecule has 128 valence electrons. The van der Waals surface area contributed by atoms with Crippen LogP contribution < -0.4 is 5.32 Å². The molecule has 0 bridgehead atoms. The summed E-state index contributed by atoms with van der Waals surface area (Å²) in [6.07, 6.45) is 2.81. The van der Waals surface area contributed by atoms with Gasteiger partial charge in [-0.3, -0.25) is 25.0 Å². The lowest BCUT2D eigenvalue weighted by Crippen LogP contribution is -2.22. The van der Waals surface area contributed by atoms with E-state index in [0.717, 1.165) is 0 Å². The number of hydrogen-bond acceptors (Lipinski definition) is 5. The first-order valence-electron chi connectivity index (χ1n) is 7.76. The zero-order chi connectivity index (χ0) is 18.0. The zero-order valence-electron chi connectivity index (χ0n) is 13.2. The molecule has 7 heteroatoms. The number of halogens is 1. The van der Waals surface area contributed by atoms with Crippen molar-refractivity contribution in [3.63, 3.8) is 0 Å². The molecule has 0 saturated carbocycles. The molecule has 4 rings (SSSR count). The van der Waals surface area contributed by atoms with Crippen LogP contribution in [-0.4, -0.2) is 17.0 Å². The molecule has 0 amide bonds. The van der Waals surface area contributed by atoms with Gasteiger partial charge in [-0.1, -0.05) is 22.0 Å². The average molecular weight is 403 g/mol. The summed E-state index contributed by atoms with van der Waals surface area (Å²) in [5.74, 6) is -0.562. The summed E-state index contributed by atoms with van der Waals surface area (Å²) in [7, 11) is 0. The monoisotopic (exact) mass is 402 g/mol. The quantitative estimate of drug-likeness (QED) is 0.368. The highest BCUT2D eigenvalue weighted by atomic mass is 79.9. The lowest BCUT2D eigenvalue weighted by Gasteiger charge is -2.17. The van der Waals surface area contributed by atoms with E-state index in [9.17, 15) is 19.7 Å². The number of rotatable bonds is 3. The molecule has 0 spiro atoms. The Labute approximate surface area is 152 Å². The lowest BCUT2D eigenvalue weighted by atomic mass is 9.89. The number of Topliss-reactive ketones (excluding diaryl/α,β-unsaturated/α-hetero) is 1. The Morgan fingerprint density at radius 3 is 2.48 bits per heavy atom. The van der Waals surface area contributed by atoms with E-state index in [-0.39, 0.29) is 12.0 Å². The number of ketones is 1. The molecule has 25 heavy (non-hydrogen) atoms. The minimum Gasteiger partial charge on any atom is -0.299 e. The maximum atomic E-state index is 11.2. The topological polar surface area (TPSA) is 89.3 Å². The number of aldehydes is 1. The Kier molecular flexibility index (Phi) is 5.06. The molecule has 1 atom stereocenters. The van der Waals surface area contributed by atoms with Crippen LogP contribution in [0.1, 0.15) is 28.3 Å². The number of nitro groups is 1. The number of nitrogens with zero attached hydrogens (tertiary/aromatic N) is 1. The van der Waals surface area contributed by atoms with Crippen molar-refractivity contribution < 1.29 is 14.5 Å². The van der Waals surface area contributed by atoms with Gasteiger partial charge in [0.05, 0.1) is 11.0 Å². The van der Waals surface area contributed by atoms with Gasteiger partial charge in [0.1, 0.15) is 0 Å². The fourth-order valence-electron chi connectivity index (χ4n) is 2.95. The Hall–Kier alpha value is -2.38. The molecule has 1 aliphatic heterocycles. The van der Waals surface area contributed by atoms with Crippen LogP contribution in [0.25, 0.3) is 0 Å². The molecule has 2 aromatic rings. The number of nitro benzene ring substituents is 1. The molecule has 0 fully saturated rings. The van der Waals surface area contributed by atoms with E-state index < -0.39 is 16.7 Å². The molecule has 1 N–H and O–H groups in total. The molecule has 0 saturated heterocycles. The smallest absolute Gasteiger partial charge is 0.269 e. The minimum atomic E-state index is -0.659. The third kappa shape index (κ3) is 3.67. The molecule has 1 unspecified atom stereocenters. The van der Waals surface area contributed by atoms with Crippen LogP contribution in [0.15, 0.2) is 40.9 Å². The number of non-ortho nitro benzene ring substituents is 1. The maximum Gasteiger partial charge on any atom is 0.269 e. The van der Waals surface area contributed by atoms with Crippen LogP contribution in [0.4, 0.5) is 5.69 Å². The fraction of sp³-hybridized carbons (Fsp3) is 0.222. The summed E-state index contributed by atoms with van der Waals surface area (Å²) < 4.78 is 1.21. The van der Waals surface area contributed by atoms with Gasteiger partial charge in [0, 0.05) is 23.2 Å². The van der Waals surface area contributed by atoms with Gasteiger partial charge in [-0.15, -0.1) is 0 Å². The van der Waals surface area contributed by atoms with Gasteiger partial charge >= 0.3 is 0 Å². The van der Waals surface area contributed by atoms with Crippen LogP contribution in [0.2, 0.25) is 0 Å².